The van der Waals surface area contributed by atoms with Gasteiger partial charge in [-0.15, -0.1) is 0 Å². The van der Waals surface area contributed by atoms with Crippen molar-refractivity contribution in [1.29, 1.82) is 0 Å². The van der Waals surface area contributed by atoms with Crippen LogP contribution in [0.25, 0.3) is 0 Å². The Morgan fingerprint density at radius 1 is 1.21 bits per heavy atom. The van der Waals surface area contributed by atoms with Gasteiger partial charge in [-0.25, -0.2) is 0 Å². The van der Waals surface area contributed by atoms with Crippen LogP contribution < -0.4 is 0 Å². The van der Waals surface area contributed by atoms with E-state index in [0.717, 1.165) is 44.2 Å². The van der Waals surface area contributed by atoms with Gasteiger partial charge < -0.3 is 10.0 Å². The molecule has 5 unspecified atom stereocenters. The van der Waals surface area contributed by atoms with E-state index in [1.54, 1.807) is 0 Å². The molecule has 1 N–H and O–H groups in total. The van der Waals surface area contributed by atoms with E-state index in [2.05, 4.69) is 6.92 Å². The predicted octanol–water partition coefficient (Wildman–Crippen LogP) is 2.43. The van der Waals surface area contributed by atoms with Crippen molar-refractivity contribution in [3.8, 4) is 0 Å². The first-order valence-electron chi connectivity index (χ1n) is 8.13. The quantitative estimate of drug-likeness (QED) is 0.851. The largest absolute Gasteiger partial charge is 0.393 e. The summed E-state index contributed by atoms with van der Waals surface area (Å²) in [6, 6.07) is 0. The summed E-state index contributed by atoms with van der Waals surface area (Å²) >= 11 is 0. The third-order valence-corrected chi connectivity index (χ3v) is 5.89. The first kappa shape index (κ1) is 13.4. The normalized spacial score (nSPS) is 41.8. The number of likely N-dealkylation sites (tertiary alicyclic amines) is 1. The third kappa shape index (κ3) is 2.67. The van der Waals surface area contributed by atoms with Gasteiger partial charge in [-0.1, -0.05) is 13.3 Å². The summed E-state index contributed by atoms with van der Waals surface area (Å²) in [6.45, 7) is 3.65. The molecule has 1 aliphatic heterocycles. The van der Waals surface area contributed by atoms with Crippen LogP contribution in [0.2, 0.25) is 0 Å². The second-order valence-corrected chi connectivity index (χ2v) is 7.00. The van der Waals surface area contributed by atoms with Gasteiger partial charge in [-0.05, 0) is 49.9 Å². The smallest absolute Gasteiger partial charge is 0.222 e. The molecule has 3 nitrogen and oxygen atoms in total. The number of nitrogens with zero attached hydrogens (tertiary/aromatic N) is 1. The molecule has 2 aliphatic carbocycles. The lowest BCUT2D eigenvalue weighted by atomic mass is 9.85. The maximum absolute atomic E-state index is 12.4. The summed E-state index contributed by atoms with van der Waals surface area (Å²) in [5.41, 5.74) is 0. The van der Waals surface area contributed by atoms with Crippen molar-refractivity contribution < 1.29 is 9.90 Å². The molecule has 108 valence electrons. The number of fused-ring (bicyclic) bond motifs is 2. The number of amides is 1. The molecule has 3 aliphatic rings. The van der Waals surface area contributed by atoms with Crippen LogP contribution in [0, 0.1) is 23.7 Å². The summed E-state index contributed by atoms with van der Waals surface area (Å²) in [7, 11) is 0. The van der Waals surface area contributed by atoms with Crippen molar-refractivity contribution in [2.45, 2.75) is 58.0 Å². The Kier molecular flexibility index (Phi) is 3.84. The highest BCUT2D eigenvalue weighted by Gasteiger charge is 2.41. The monoisotopic (exact) mass is 265 g/mol. The molecule has 0 aromatic carbocycles. The topological polar surface area (TPSA) is 40.5 Å². The average molecular weight is 265 g/mol. The summed E-state index contributed by atoms with van der Waals surface area (Å²) in [5.74, 6) is 3.07. The van der Waals surface area contributed by atoms with Crippen LogP contribution in [0.15, 0.2) is 0 Å². The Bertz CT molecular complexity index is 344. The number of aliphatic hydroxyl groups excluding tert-OH is 1. The second kappa shape index (κ2) is 5.43. The summed E-state index contributed by atoms with van der Waals surface area (Å²) < 4.78 is 0. The zero-order chi connectivity index (χ0) is 13.4. The number of carbonyl (C=O) groups is 1. The molecule has 3 rings (SSSR count). The molecule has 0 aromatic rings. The van der Waals surface area contributed by atoms with Crippen LogP contribution in [0.1, 0.15) is 51.9 Å². The van der Waals surface area contributed by atoms with Gasteiger partial charge in [-0.3, -0.25) is 4.79 Å². The molecule has 0 radical (unpaired) electrons. The van der Waals surface area contributed by atoms with E-state index < -0.39 is 0 Å². The molecule has 3 heteroatoms. The molecule has 1 heterocycles. The second-order valence-electron chi connectivity index (χ2n) is 7.00. The number of hydrogen-bond donors (Lipinski definition) is 1. The van der Waals surface area contributed by atoms with E-state index in [1.807, 2.05) is 4.90 Å². The molecule has 1 amide bonds. The Hall–Kier alpha value is -0.570. The molecule has 2 bridgehead atoms. The van der Waals surface area contributed by atoms with Gasteiger partial charge in [0.1, 0.15) is 0 Å². The van der Waals surface area contributed by atoms with Gasteiger partial charge in [0.05, 0.1) is 6.10 Å². The van der Waals surface area contributed by atoms with Gasteiger partial charge >= 0.3 is 0 Å². The van der Waals surface area contributed by atoms with E-state index >= 15 is 0 Å². The van der Waals surface area contributed by atoms with Crippen LogP contribution in [-0.4, -0.2) is 35.1 Å². The molecule has 1 saturated heterocycles. The lowest BCUT2D eigenvalue weighted by molar-refractivity contribution is -0.136. The number of carbonyl (C=O) groups excluding carboxylic acids is 1. The lowest BCUT2D eigenvalue weighted by Crippen LogP contribution is -2.46. The Labute approximate surface area is 116 Å². The zero-order valence-electron chi connectivity index (χ0n) is 12.1. The Balaban J connectivity index is 1.53. The highest BCUT2D eigenvalue weighted by Crippen LogP contribution is 2.49. The van der Waals surface area contributed by atoms with Crippen molar-refractivity contribution in [2.24, 2.45) is 23.7 Å². The maximum Gasteiger partial charge on any atom is 0.222 e. The molecule has 5 atom stereocenters. The van der Waals surface area contributed by atoms with Crippen molar-refractivity contribution in [3.05, 3.63) is 0 Å². The first-order valence-corrected chi connectivity index (χ1v) is 8.13. The molecule has 2 saturated carbocycles. The number of hydrogen-bond acceptors (Lipinski definition) is 2. The minimum atomic E-state index is -0.198. The summed E-state index contributed by atoms with van der Waals surface area (Å²) in [5, 5.41) is 9.90. The molecule has 19 heavy (non-hydrogen) atoms. The predicted molar refractivity (Wildman–Crippen MR) is 74.5 cm³/mol. The fraction of sp³-hybridized carbons (Fsp3) is 0.938. The SMILES string of the molecule is CCC1CN(C(=O)CC2CC3CCC2C3)CCC1O. The highest BCUT2D eigenvalue weighted by atomic mass is 16.3. The van der Waals surface area contributed by atoms with Crippen LogP contribution in [0.5, 0.6) is 0 Å². The Morgan fingerprint density at radius 3 is 2.68 bits per heavy atom. The fourth-order valence-corrected chi connectivity index (χ4v) is 4.63. The molecule has 0 spiro atoms. The number of aliphatic hydroxyl groups is 1. The Morgan fingerprint density at radius 2 is 2.05 bits per heavy atom. The van der Waals surface area contributed by atoms with Crippen LogP contribution in [-0.2, 0) is 4.79 Å². The summed E-state index contributed by atoms with van der Waals surface area (Å²) in [6.07, 6.45) is 7.75. The standard InChI is InChI=1S/C16H27NO2/c1-2-12-10-17(6-5-15(12)18)16(19)9-14-8-11-3-4-13(14)7-11/h11-15,18H,2-10H2,1H3. The summed E-state index contributed by atoms with van der Waals surface area (Å²) in [4.78, 5) is 14.5. The lowest BCUT2D eigenvalue weighted by Gasteiger charge is -2.36. The first-order chi connectivity index (χ1) is 9.17. The van der Waals surface area contributed by atoms with Crippen LogP contribution >= 0.6 is 0 Å². The van der Waals surface area contributed by atoms with E-state index in [1.165, 1.54) is 25.7 Å². The van der Waals surface area contributed by atoms with Gasteiger partial charge in [0.25, 0.3) is 0 Å². The number of rotatable bonds is 3. The molecule has 3 fully saturated rings. The van der Waals surface area contributed by atoms with E-state index in [0.29, 0.717) is 11.8 Å². The van der Waals surface area contributed by atoms with Gasteiger partial charge in [-0.2, -0.15) is 0 Å². The van der Waals surface area contributed by atoms with Crippen molar-refractivity contribution in [2.75, 3.05) is 13.1 Å². The molecule has 0 aromatic heterocycles. The van der Waals surface area contributed by atoms with Crippen LogP contribution in [0.3, 0.4) is 0 Å². The van der Waals surface area contributed by atoms with Crippen molar-refractivity contribution in [1.82, 2.24) is 4.90 Å². The van der Waals surface area contributed by atoms with Gasteiger partial charge in [0, 0.05) is 25.4 Å². The average Bonchev–Trinajstić information content (AvgIpc) is 3.01. The van der Waals surface area contributed by atoms with E-state index in [4.69, 9.17) is 0 Å². The van der Waals surface area contributed by atoms with Crippen LogP contribution in [0.4, 0.5) is 0 Å². The van der Waals surface area contributed by atoms with E-state index in [-0.39, 0.29) is 12.0 Å². The molecular weight excluding hydrogens is 238 g/mol. The fourth-order valence-electron chi connectivity index (χ4n) is 4.63. The highest BCUT2D eigenvalue weighted by molar-refractivity contribution is 5.76. The third-order valence-electron chi connectivity index (χ3n) is 5.89. The van der Waals surface area contributed by atoms with Crippen molar-refractivity contribution >= 4 is 5.91 Å². The van der Waals surface area contributed by atoms with Crippen molar-refractivity contribution in [3.63, 3.8) is 0 Å². The molecular formula is C16H27NO2. The number of piperidine rings is 1. The van der Waals surface area contributed by atoms with Gasteiger partial charge in [0.15, 0.2) is 0 Å². The van der Waals surface area contributed by atoms with E-state index in [9.17, 15) is 9.90 Å². The maximum atomic E-state index is 12.4. The van der Waals surface area contributed by atoms with Gasteiger partial charge in [0.2, 0.25) is 5.91 Å². The minimum absolute atomic E-state index is 0.198. The minimum Gasteiger partial charge on any atom is -0.393 e. The zero-order valence-corrected chi connectivity index (χ0v) is 12.1.